The Kier molecular flexibility index (Phi) is 4.93. The molecule has 5 nitrogen and oxygen atoms in total. The molecule has 25 heavy (non-hydrogen) atoms. The number of H-pyrrole nitrogens is 1. The Morgan fingerprint density at radius 3 is 2.32 bits per heavy atom. The number of nitrogens with zero attached hydrogens (tertiary/aromatic N) is 1. The maximum atomic E-state index is 12.8. The first-order chi connectivity index (χ1) is 12.0. The number of hydrogen-bond donors (Lipinski definition) is 1. The summed E-state index contributed by atoms with van der Waals surface area (Å²) in [5.74, 6) is 0.820. The van der Waals surface area contributed by atoms with E-state index in [9.17, 15) is 9.59 Å². The molecule has 5 heteroatoms. The van der Waals surface area contributed by atoms with Crippen LogP contribution < -0.4 is 4.74 Å². The molecule has 0 radical (unpaired) electrons. The highest BCUT2D eigenvalue weighted by atomic mass is 16.5. The van der Waals surface area contributed by atoms with Gasteiger partial charge in [-0.25, -0.2) is 0 Å². The van der Waals surface area contributed by atoms with E-state index in [-0.39, 0.29) is 17.8 Å². The number of carbonyl (C=O) groups is 2. The van der Waals surface area contributed by atoms with E-state index in [1.165, 1.54) is 6.92 Å². The predicted octanol–water partition coefficient (Wildman–Crippen LogP) is 3.52. The van der Waals surface area contributed by atoms with Crippen LogP contribution in [-0.2, 0) is 0 Å². The number of carbonyl (C=O) groups excluding carboxylic acids is 2. The Balaban J connectivity index is 1.64. The number of Topliss-reactive ketones (excluding diaryl/α,β-unsaturated/α-hetero) is 1. The summed E-state index contributed by atoms with van der Waals surface area (Å²) < 4.78 is 5.98. The van der Waals surface area contributed by atoms with Gasteiger partial charge in [-0.2, -0.15) is 0 Å². The summed E-state index contributed by atoms with van der Waals surface area (Å²) in [6.07, 6.45) is 1.74. The summed E-state index contributed by atoms with van der Waals surface area (Å²) in [7, 11) is 0. The zero-order chi connectivity index (χ0) is 18.0. The molecule has 132 valence electrons. The van der Waals surface area contributed by atoms with Gasteiger partial charge in [0.05, 0.1) is 0 Å². The van der Waals surface area contributed by atoms with Gasteiger partial charge in [0.25, 0.3) is 5.91 Å². The van der Waals surface area contributed by atoms with Crippen molar-refractivity contribution in [2.75, 3.05) is 13.1 Å². The maximum absolute atomic E-state index is 12.8. The summed E-state index contributed by atoms with van der Waals surface area (Å²) in [5, 5.41) is 0. The molecule has 0 saturated carbocycles. The first-order valence-electron chi connectivity index (χ1n) is 8.68. The second kappa shape index (κ2) is 7.13. The lowest BCUT2D eigenvalue weighted by molar-refractivity contribution is 0.0590. The van der Waals surface area contributed by atoms with Gasteiger partial charge in [-0.1, -0.05) is 18.2 Å². The van der Waals surface area contributed by atoms with Crippen LogP contribution in [0.4, 0.5) is 0 Å². The Labute approximate surface area is 148 Å². The number of amides is 1. The first-order valence-corrected chi connectivity index (χ1v) is 8.68. The number of aromatic nitrogens is 1. The van der Waals surface area contributed by atoms with Crippen molar-refractivity contribution in [3.8, 4) is 5.75 Å². The molecule has 1 aliphatic rings. The van der Waals surface area contributed by atoms with Crippen molar-refractivity contribution in [2.24, 2.45) is 0 Å². The fourth-order valence-corrected chi connectivity index (χ4v) is 3.52. The normalized spacial score (nSPS) is 15.2. The van der Waals surface area contributed by atoms with Crippen LogP contribution in [0.5, 0.6) is 5.75 Å². The van der Waals surface area contributed by atoms with Gasteiger partial charge in [0.2, 0.25) is 0 Å². The molecule has 2 heterocycles. The first kappa shape index (κ1) is 17.3. The Morgan fingerprint density at radius 1 is 1.12 bits per heavy atom. The van der Waals surface area contributed by atoms with E-state index in [2.05, 4.69) is 4.98 Å². The minimum atomic E-state index is -0.0359. The van der Waals surface area contributed by atoms with E-state index in [4.69, 9.17) is 4.74 Å². The fraction of sp³-hybridized carbons (Fsp3) is 0.400. The van der Waals surface area contributed by atoms with Gasteiger partial charge < -0.3 is 14.6 Å². The van der Waals surface area contributed by atoms with E-state index >= 15 is 0 Å². The summed E-state index contributed by atoms with van der Waals surface area (Å²) in [5.41, 5.74) is 2.67. The van der Waals surface area contributed by atoms with Crippen LogP contribution in [0.15, 0.2) is 30.3 Å². The van der Waals surface area contributed by atoms with Gasteiger partial charge >= 0.3 is 0 Å². The number of aromatic amines is 1. The van der Waals surface area contributed by atoms with Crippen molar-refractivity contribution in [1.82, 2.24) is 9.88 Å². The average Bonchev–Trinajstić information content (AvgIpc) is 2.90. The summed E-state index contributed by atoms with van der Waals surface area (Å²) in [6, 6.07) is 9.77. The molecule has 1 aromatic carbocycles. The van der Waals surface area contributed by atoms with E-state index in [1.54, 1.807) is 0 Å². The second-order valence-electron chi connectivity index (χ2n) is 6.60. The van der Waals surface area contributed by atoms with Crippen LogP contribution >= 0.6 is 0 Å². The lowest BCUT2D eigenvalue weighted by Crippen LogP contribution is -2.42. The number of para-hydroxylation sites is 1. The number of ketones is 1. The van der Waals surface area contributed by atoms with Crippen molar-refractivity contribution < 1.29 is 14.3 Å². The summed E-state index contributed by atoms with van der Waals surface area (Å²) in [4.78, 5) is 29.5. The number of likely N-dealkylation sites (tertiary alicyclic amines) is 1. The monoisotopic (exact) mass is 340 g/mol. The van der Waals surface area contributed by atoms with Crippen molar-refractivity contribution >= 4 is 11.7 Å². The fourth-order valence-electron chi connectivity index (χ4n) is 3.52. The van der Waals surface area contributed by atoms with E-state index in [1.807, 2.05) is 49.1 Å². The largest absolute Gasteiger partial charge is 0.490 e. The minimum absolute atomic E-state index is 0.0136. The van der Waals surface area contributed by atoms with Gasteiger partial charge in [0, 0.05) is 37.2 Å². The van der Waals surface area contributed by atoms with E-state index in [0.29, 0.717) is 24.3 Å². The van der Waals surface area contributed by atoms with Gasteiger partial charge in [0.1, 0.15) is 17.5 Å². The number of nitrogens with one attached hydrogen (secondary N) is 1. The SMILES string of the molecule is CC(=O)c1c(C)[nH]c(C(=O)N2CCC(Oc3ccccc3)CC2)c1C. The second-order valence-corrected chi connectivity index (χ2v) is 6.60. The van der Waals surface area contributed by atoms with Crippen molar-refractivity contribution in [1.29, 1.82) is 0 Å². The molecule has 1 aromatic heterocycles. The number of benzene rings is 1. The van der Waals surface area contributed by atoms with Crippen LogP contribution in [-0.4, -0.2) is 40.8 Å². The predicted molar refractivity (Wildman–Crippen MR) is 96.3 cm³/mol. The molecule has 0 spiro atoms. The maximum Gasteiger partial charge on any atom is 0.270 e. The molecule has 1 amide bonds. The van der Waals surface area contributed by atoms with E-state index in [0.717, 1.165) is 29.8 Å². The standard InChI is InChI=1S/C20H24N2O3/c1-13-18(15(3)23)14(2)21-19(13)20(24)22-11-9-17(10-12-22)25-16-7-5-4-6-8-16/h4-8,17,21H,9-12H2,1-3H3. The molecule has 0 atom stereocenters. The lowest BCUT2D eigenvalue weighted by Gasteiger charge is -2.32. The quantitative estimate of drug-likeness (QED) is 0.866. The molecule has 0 unspecified atom stereocenters. The third kappa shape index (κ3) is 3.60. The molecule has 1 N–H and O–H groups in total. The zero-order valence-corrected chi connectivity index (χ0v) is 15.0. The highest BCUT2D eigenvalue weighted by molar-refractivity contribution is 6.02. The number of hydrogen-bond acceptors (Lipinski definition) is 3. The average molecular weight is 340 g/mol. The van der Waals surface area contributed by atoms with Crippen LogP contribution in [0, 0.1) is 13.8 Å². The van der Waals surface area contributed by atoms with Gasteiger partial charge in [-0.3, -0.25) is 9.59 Å². The van der Waals surface area contributed by atoms with Crippen molar-refractivity contribution in [2.45, 2.75) is 39.7 Å². The topological polar surface area (TPSA) is 62.4 Å². The molecular weight excluding hydrogens is 316 g/mol. The van der Waals surface area contributed by atoms with Gasteiger partial charge in [-0.05, 0) is 38.5 Å². The van der Waals surface area contributed by atoms with E-state index < -0.39 is 0 Å². The molecule has 1 saturated heterocycles. The van der Waals surface area contributed by atoms with Crippen LogP contribution in [0.25, 0.3) is 0 Å². The minimum Gasteiger partial charge on any atom is -0.490 e. The third-order valence-electron chi connectivity index (χ3n) is 4.78. The van der Waals surface area contributed by atoms with Gasteiger partial charge in [-0.15, -0.1) is 0 Å². The third-order valence-corrected chi connectivity index (χ3v) is 4.78. The van der Waals surface area contributed by atoms with Crippen molar-refractivity contribution in [3.05, 3.63) is 52.8 Å². The van der Waals surface area contributed by atoms with Crippen LogP contribution in [0.2, 0.25) is 0 Å². The number of rotatable bonds is 4. The van der Waals surface area contributed by atoms with Crippen LogP contribution in [0.3, 0.4) is 0 Å². The number of ether oxygens (including phenoxy) is 1. The number of piperidine rings is 1. The van der Waals surface area contributed by atoms with Gasteiger partial charge in [0.15, 0.2) is 5.78 Å². The summed E-state index contributed by atoms with van der Waals surface area (Å²) >= 11 is 0. The molecule has 0 aliphatic carbocycles. The summed E-state index contributed by atoms with van der Waals surface area (Å²) in [6.45, 7) is 6.51. The lowest BCUT2D eigenvalue weighted by atomic mass is 10.0. The highest BCUT2D eigenvalue weighted by Gasteiger charge is 2.28. The molecule has 0 bridgehead atoms. The number of aryl methyl sites for hydroxylation is 1. The molecule has 3 rings (SSSR count). The molecular formula is C20H24N2O3. The molecule has 2 aromatic rings. The highest BCUT2D eigenvalue weighted by Crippen LogP contribution is 2.23. The Hall–Kier alpha value is -2.56. The molecule has 1 aliphatic heterocycles. The Bertz CT molecular complexity index is 772. The van der Waals surface area contributed by atoms with Crippen molar-refractivity contribution in [3.63, 3.8) is 0 Å². The Morgan fingerprint density at radius 2 is 1.76 bits per heavy atom. The van der Waals surface area contributed by atoms with Crippen LogP contribution in [0.1, 0.15) is 51.9 Å². The zero-order valence-electron chi connectivity index (χ0n) is 15.0. The smallest absolute Gasteiger partial charge is 0.270 e. The molecule has 1 fully saturated rings.